The van der Waals surface area contributed by atoms with Crippen molar-refractivity contribution in [3.05, 3.63) is 0 Å². The van der Waals surface area contributed by atoms with Gasteiger partial charge in [0.1, 0.15) is 0 Å². The molecule has 0 unspecified atom stereocenters. The lowest BCUT2D eigenvalue weighted by atomic mass is 10.3. The second-order valence-corrected chi connectivity index (χ2v) is 2.56. The molecule has 7 nitrogen and oxygen atoms in total. The average Bonchev–Trinajstić information content (AvgIpc) is 2.22. The van der Waals surface area contributed by atoms with E-state index in [0.717, 1.165) is 25.4 Å². The highest BCUT2D eigenvalue weighted by atomic mass is 16.3. The van der Waals surface area contributed by atoms with Crippen molar-refractivity contribution in [2.75, 3.05) is 13.1 Å². The van der Waals surface area contributed by atoms with Crippen molar-refractivity contribution in [1.82, 2.24) is 9.80 Å². The van der Waals surface area contributed by atoms with Crippen LogP contribution >= 0.6 is 0 Å². The highest BCUT2D eigenvalue weighted by Gasteiger charge is 2.09. The number of aliphatic hydroxyl groups is 1. The maximum absolute atomic E-state index is 9.42. The fraction of sp³-hybridized carbons (Fsp3) is 0.429. The predicted octanol–water partition coefficient (Wildman–Crippen LogP) is -0.620. The fourth-order valence-electron chi connectivity index (χ4n) is 0.830. The van der Waals surface area contributed by atoms with E-state index in [4.69, 9.17) is 21.6 Å². The van der Waals surface area contributed by atoms with E-state index in [1.54, 1.807) is 0 Å². The van der Waals surface area contributed by atoms with Crippen LogP contribution in [0.25, 0.3) is 0 Å². The van der Waals surface area contributed by atoms with Crippen molar-refractivity contribution in [3.63, 3.8) is 0 Å². The zero-order chi connectivity index (χ0) is 11.0. The second-order valence-electron chi connectivity index (χ2n) is 2.56. The van der Waals surface area contributed by atoms with Crippen molar-refractivity contribution >= 4 is 25.4 Å². The Kier molecular flexibility index (Phi) is 5.88. The molecule has 14 heavy (non-hydrogen) atoms. The van der Waals surface area contributed by atoms with Crippen LogP contribution in [-0.2, 0) is 0 Å². The topological polar surface area (TPSA) is 122 Å². The van der Waals surface area contributed by atoms with Crippen LogP contribution < -0.4 is 0 Å². The smallest absolute Gasteiger partial charge is 0.0899 e. The molecule has 0 saturated heterocycles. The maximum Gasteiger partial charge on any atom is 0.0899 e. The SMILES string of the molecule is N=CN(C=N)CC(O)CN(C=N)C=N. The molecule has 78 valence electrons. The van der Waals surface area contributed by atoms with Gasteiger partial charge in [-0.2, -0.15) is 0 Å². The van der Waals surface area contributed by atoms with Crippen molar-refractivity contribution in [2.24, 2.45) is 0 Å². The van der Waals surface area contributed by atoms with E-state index in [1.165, 1.54) is 9.80 Å². The Balaban J connectivity index is 4.00. The minimum absolute atomic E-state index is 0.102. The maximum atomic E-state index is 9.42. The van der Waals surface area contributed by atoms with Gasteiger partial charge in [-0.25, -0.2) is 0 Å². The fourth-order valence-corrected chi connectivity index (χ4v) is 0.830. The first-order valence-electron chi connectivity index (χ1n) is 3.89. The van der Waals surface area contributed by atoms with Gasteiger partial charge in [-0.3, -0.25) is 21.6 Å². The number of nitrogens with one attached hydrogen (secondary N) is 4. The Labute approximate surface area is 82.0 Å². The molecule has 5 N–H and O–H groups in total. The summed E-state index contributed by atoms with van der Waals surface area (Å²) in [5, 5.41) is 36.9. The Morgan fingerprint density at radius 1 is 0.857 bits per heavy atom. The van der Waals surface area contributed by atoms with Gasteiger partial charge in [-0.05, 0) is 0 Å². The third-order valence-corrected chi connectivity index (χ3v) is 1.51. The van der Waals surface area contributed by atoms with E-state index in [2.05, 4.69) is 0 Å². The average molecular weight is 198 g/mol. The van der Waals surface area contributed by atoms with E-state index in [0.29, 0.717) is 0 Å². The molecule has 7 heteroatoms. The zero-order valence-electron chi connectivity index (χ0n) is 7.64. The van der Waals surface area contributed by atoms with Crippen molar-refractivity contribution in [2.45, 2.75) is 6.10 Å². The molecule has 0 amide bonds. The van der Waals surface area contributed by atoms with E-state index in [9.17, 15) is 5.11 Å². The van der Waals surface area contributed by atoms with Crippen molar-refractivity contribution in [3.8, 4) is 0 Å². The molecule has 0 spiro atoms. The molecular weight excluding hydrogens is 184 g/mol. The van der Waals surface area contributed by atoms with E-state index < -0.39 is 6.10 Å². The number of hydrogen-bond acceptors (Lipinski definition) is 5. The van der Waals surface area contributed by atoms with Gasteiger partial charge in [0.25, 0.3) is 0 Å². The van der Waals surface area contributed by atoms with Crippen LogP contribution in [0.1, 0.15) is 0 Å². The first kappa shape index (κ1) is 12.2. The molecule has 0 aromatic carbocycles. The molecular formula is C7H14N6O. The van der Waals surface area contributed by atoms with E-state index in [1.807, 2.05) is 0 Å². The molecule has 0 bridgehead atoms. The van der Waals surface area contributed by atoms with Crippen LogP contribution in [0.15, 0.2) is 0 Å². The van der Waals surface area contributed by atoms with Crippen LogP contribution in [0.4, 0.5) is 0 Å². The van der Waals surface area contributed by atoms with E-state index >= 15 is 0 Å². The summed E-state index contributed by atoms with van der Waals surface area (Å²) >= 11 is 0. The van der Waals surface area contributed by atoms with Gasteiger partial charge in [-0.15, -0.1) is 0 Å². The van der Waals surface area contributed by atoms with Gasteiger partial charge in [0.2, 0.25) is 0 Å². The van der Waals surface area contributed by atoms with E-state index in [-0.39, 0.29) is 13.1 Å². The van der Waals surface area contributed by atoms with Gasteiger partial charge in [0.05, 0.1) is 44.5 Å². The Hall–Kier alpha value is -1.76. The summed E-state index contributed by atoms with van der Waals surface area (Å²) < 4.78 is 0. The van der Waals surface area contributed by atoms with Crippen molar-refractivity contribution < 1.29 is 5.11 Å². The molecule has 0 aliphatic rings. The number of hydrogen-bond donors (Lipinski definition) is 5. The zero-order valence-corrected chi connectivity index (χ0v) is 7.64. The lowest BCUT2D eigenvalue weighted by molar-refractivity contribution is 0.148. The minimum Gasteiger partial charge on any atom is -0.389 e. The highest BCUT2D eigenvalue weighted by Crippen LogP contribution is 1.90. The van der Waals surface area contributed by atoms with Crippen LogP contribution in [0.3, 0.4) is 0 Å². The summed E-state index contributed by atoms with van der Waals surface area (Å²) in [5.41, 5.74) is 0. The summed E-state index contributed by atoms with van der Waals surface area (Å²) in [4.78, 5) is 2.38. The van der Waals surface area contributed by atoms with Crippen LogP contribution in [0.5, 0.6) is 0 Å². The van der Waals surface area contributed by atoms with Crippen LogP contribution in [0.2, 0.25) is 0 Å². The summed E-state index contributed by atoms with van der Waals surface area (Å²) in [6.45, 7) is 0.205. The number of nitrogens with zero attached hydrogens (tertiary/aromatic N) is 2. The van der Waals surface area contributed by atoms with Gasteiger partial charge < -0.3 is 14.9 Å². The third-order valence-electron chi connectivity index (χ3n) is 1.51. The molecule has 0 aliphatic carbocycles. The molecule has 0 aliphatic heterocycles. The highest BCUT2D eigenvalue weighted by molar-refractivity contribution is 5.72. The lowest BCUT2D eigenvalue weighted by Gasteiger charge is -2.20. The normalized spacial score (nSPS) is 11.2. The van der Waals surface area contributed by atoms with Gasteiger partial charge in [0, 0.05) is 0 Å². The predicted molar refractivity (Wildman–Crippen MR) is 54.6 cm³/mol. The second kappa shape index (κ2) is 6.72. The molecule has 0 rings (SSSR count). The van der Waals surface area contributed by atoms with Crippen LogP contribution in [-0.4, -0.2) is 59.5 Å². The standard InChI is InChI=1S/C7H14N6O/c8-3-12(4-9)1-7(14)2-13(5-10)6-11/h3-11,14H,1-2H2. The molecule has 0 aromatic heterocycles. The molecule has 0 radical (unpaired) electrons. The van der Waals surface area contributed by atoms with Crippen molar-refractivity contribution in [1.29, 1.82) is 21.6 Å². The van der Waals surface area contributed by atoms with Gasteiger partial charge in [0.15, 0.2) is 0 Å². The molecule has 0 fully saturated rings. The van der Waals surface area contributed by atoms with Crippen LogP contribution in [0, 0.1) is 21.6 Å². The monoisotopic (exact) mass is 198 g/mol. The summed E-state index contributed by atoms with van der Waals surface area (Å²) in [5.74, 6) is 0. The first-order chi connectivity index (χ1) is 6.67. The summed E-state index contributed by atoms with van der Waals surface area (Å²) in [6, 6.07) is 0. The Morgan fingerprint density at radius 3 is 1.36 bits per heavy atom. The molecule has 0 aromatic rings. The minimum atomic E-state index is -0.818. The third kappa shape index (κ3) is 4.31. The first-order valence-corrected chi connectivity index (χ1v) is 3.89. The van der Waals surface area contributed by atoms with Gasteiger partial charge in [-0.1, -0.05) is 0 Å². The summed E-state index contributed by atoms with van der Waals surface area (Å²) in [7, 11) is 0. The Bertz CT molecular complexity index is 180. The molecule has 0 heterocycles. The number of aliphatic hydroxyl groups excluding tert-OH is 1. The quantitative estimate of drug-likeness (QED) is 0.264. The molecule has 0 saturated carbocycles. The van der Waals surface area contributed by atoms with Gasteiger partial charge >= 0.3 is 0 Å². The molecule has 0 atom stereocenters. The number of rotatable bonds is 8. The summed E-state index contributed by atoms with van der Waals surface area (Å²) in [6.07, 6.45) is 2.89. The largest absolute Gasteiger partial charge is 0.389 e. The lowest BCUT2D eigenvalue weighted by Crippen LogP contribution is -2.38. The Morgan fingerprint density at radius 2 is 1.14 bits per heavy atom.